The van der Waals surface area contributed by atoms with Gasteiger partial charge in [-0.05, 0) is 0 Å². The van der Waals surface area contributed by atoms with E-state index in [-0.39, 0.29) is 61.3 Å². The first-order chi connectivity index (χ1) is 1.73. The van der Waals surface area contributed by atoms with Crippen LogP contribution in [0, 0.1) is 5.92 Å². The zero-order valence-electron chi connectivity index (χ0n) is 5.21. The van der Waals surface area contributed by atoms with Crippen LogP contribution in [0.5, 0.6) is 0 Å². The molecule has 0 aromatic carbocycles. The molecule has 6 heavy (non-hydrogen) atoms. The van der Waals surface area contributed by atoms with Crippen LogP contribution in [0.1, 0.15) is 20.8 Å². The Hall–Kier alpha value is 2.07. The van der Waals surface area contributed by atoms with Crippen molar-refractivity contribution in [2.45, 2.75) is 20.8 Å². The van der Waals surface area contributed by atoms with Gasteiger partial charge in [-0.3, -0.25) is 0 Å². The van der Waals surface area contributed by atoms with Crippen molar-refractivity contribution in [2.24, 2.45) is 0 Å². The van der Waals surface area contributed by atoms with E-state index in [1.807, 2.05) is 0 Å². The molecule has 0 aromatic heterocycles. The predicted molar refractivity (Wildman–Crippen MR) is 31.4 cm³/mol. The van der Waals surface area contributed by atoms with Crippen LogP contribution in [0.4, 0.5) is 0 Å². The Morgan fingerprint density at radius 1 is 1.00 bits per heavy atom. The standard InChI is InChI=1S/C4H9.K.H3P/c1-4(2)3;;/h1-3H3;;1H3/q-1;+1;. The minimum Gasteiger partial charge on any atom is -0.323 e. The Bertz CT molecular complexity index is 12.3. The zero-order valence-corrected chi connectivity index (χ0v) is 9.74. The number of rotatable bonds is 0. The van der Waals surface area contributed by atoms with Crippen LogP contribution in [0.15, 0.2) is 0 Å². The zero-order chi connectivity index (χ0) is 3.58. The van der Waals surface area contributed by atoms with Crippen molar-refractivity contribution in [3.63, 3.8) is 0 Å². The molecule has 0 N–H and O–H groups in total. The van der Waals surface area contributed by atoms with Gasteiger partial charge in [0.2, 0.25) is 0 Å². The summed E-state index contributed by atoms with van der Waals surface area (Å²) < 4.78 is 0. The molecule has 1 unspecified atom stereocenters. The van der Waals surface area contributed by atoms with Crippen molar-refractivity contribution in [3.05, 3.63) is 5.92 Å². The first kappa shape index (κ1) is 15.7. The smallest absolute Gasteiger partial charge is 0.323 e. The van der Waals surface area contributed by atoms with Crippen molar-refractivity contribution >= 4 is 9.90 Å². The molecule has 0 nitrogen and oxygen atoms in total. The minimum absolute atomic E-state index is 0. The maximum Gasteiger partial charge on any atom is 1.00 e. The summed E-state index contributed by atoms with van der Waals surface area (Å²) >= 11 is 0. The molecule has 2 heteroatoms. The fraction of sp³-hybridized carbons (Fsp3) is 0.750. The average Bonchev–Trinajstić information content (AvgIpc) is 0.811. The summed E-state index contributed by atoms with van der Waals surface area (Å²) in [6.45, 7) is 6.25. The van der Waals surface area contributed by atoms with E-state index in [4.69, 9.17) is 0 Å². The summed E-state index contributed by atoms with van der Waals surface area (Å²) in [6, 6.07) is 0. The monoisotopic (exact) mass is 130 g/mol. The van der Waals surface area contributed by atoms with Crippen molar-refractivity contribution in [2.75, 3.05) is 0 Å². The molecule has 0 aliphatic heterocycles. The molecular formula is C4H12KP. The van der Waals surface area contributed by atoms with Crippen LogP contribution < -0.4 is 51.4 Å². The number of hydrogen-bond acceptors (Lipinski definition) is 0. The van der Waals surface area contributed by atoms with Crippen LogP contribution >= 0.6 is 9.90 Å². The first-order valence-corrected chi connectivity index (χ1v) is 1.50. The molecule has 0 aliphatic rings. The van der Waals surface area contributed by atoms with Crippen molar-refractivity contribution in [1.82, 2.24) is 0 Å². The quantitative estimate of drug-likeness (QED) is 0.217. The van der Waals surface area contributed by atoms with Crippen molar-refractivity contribution < 1.29 is 51.4 Å². The van der Waals surface area contributed by atoms with Crippen molar-refractivity contribution in [1.29, 1.82) is 0 Å². The van der Waals surface area contributed by atoms with Gasteiger partial charge in [-0.2, -0.15) is 30.7 Å². The third kappa shape index (κ3) is 36.5. The van der Waals surface area contributed by atoms with Gasteiger partial charge in [-0.25, -0.2) is 0 Å². The van der Waals surface area contributed by atoms with Gasteiger partial charge >= 0.3 is 51.4 Å². The van der Waals surface area contributed by atoms with E-state index in [1.54, 1.807) is 0 Å². The van der Waals surface area contributed by atoms with Crippen LogP contribution in [0.25, 0.3) is 0 Å². The molecule has 0 saturated heterocycles. The fourth-order valence-corrected chi connectivity index (χ4v) is 0. The van der Waals surface area contributed by atoms with Gasteiger partial charge in [0, 0.05) is 0 Å². The van der Waals surface area contributed by atoms with E-state index in [9.17, 15) is 0 Å². The molecular weight excluding hydrogens is 118 g/mol. The van der Waals surface area contributed by atoms with E-state index < -0.39 is 0 Å². The van der Waals surface area contributed by atoms with Gasteiger partial charge in [0.1, 0.15) is 0 Å². The third-order valence-corrected chi connectivity index (χ3v) is 0. The maximum atomic E-state index is 2.08. The van der Waals surface area contributed by atoms with Crippen LogP contribution in [-0.2, 0) is 0 Å². The molecule has 0 spiro atoms. The Morgan fingerprint density at radius 3 is 1.00 bits per heavy atom. The average molecular weight is 130 g/mol. The second-order valence-electron chi connectivity index (χ2n) is 1.50. The molecule has 0 aromatic rings. The maximum absolute atomic E-state index is 2.08. The summed E-state index contributed by atoms with van der Waals surface area (Å²) in [6.07, 6.45) is 0. The van der Waals surface area contributed by atoms with Crippen molar-refractivity contribution in [3.8, 4) is 0 Å². The molecule has 0 aliphatic carbocycles. The molecule has 0 amide bonds. The Kier molecular flexibility index (Phi) is 26.5. The Morgan fingerprint density at radius 2 is 1.00 bits per heavy atom. The molecule has 0 bridgehead atoms. The normalized spacial score (nSPS) is 6.00. The van der Waals surface area contributed by atoms with E-state index in [1.165, 1.54) is 5.92 Å². The van der Waals surface area contributed by atoms with Gasteiger partial charge in [-0.15, -0.1) is 0 Å². The summed E-state index contributed by atoms with van der Waals surface area (Å²) in [5.74, 6) is 1.42. The van der Waals surface area contributed by atoms with Gasteiger partial charge in [0.15, 0.2) is 0 Å². The number of hydrogen-bond donors (Lipinski definition) is 0. The van der Waals surface area contributed by atoms with E-state index in [0.717, 1.165) is 0 Å². The van der Waals surface area contributed by atoms with Gasteiger partial charge < -0.3 is 5.92 Å². The van der Waals surface area contributed by atoms with Crippen LogP contribution in [0.3, 0.4) is 0 Å². The first-order valence-electron chi connectivity index (χ1n) is 1.50. The van der Waals surface area contributed by atoms with E-state index >= 15 is 0 Å². The Labute approximate surface area is 86.5 Å². The van der Waals surface area contributed by atoms with E-state index in [2.05, 4.69) is 20.8 Å². The second-order valence-corrected chi connectivity index (χ2v) is 1.50. The Balaban J connectivity index is -0.0000000450. The molecule has 0 radical (unpaired) electrons. The van der Waals surface area contributed by atoms with Crippen LogP contribution in [0.2, 0.25) is 0 Å². The second kappa shape index (κ2) is 10.1. The predicted octanol–water partition coefficient (Wildman–Crippen LogP) is -1.32. The summed E-state index contributed by atoms with van der Waals surface area (Å²) in [5.41, 5.74) is 0. The molecule has 0 heterocycles. The fourth-order valence-electron chi connectivity index (χ4n) is 0. The molecule has 0 saturated carbocycles. The third-order valence-electron chi connectivity index (χ3n) is 0. The molecule has 0 fully saturated rings. The summed E-state index contributed by atoms with van der Waals surface area (Å²) in [5, 5.41) is 0. The molecule has 1 atom stereocenters. The SMILES string of the molecule is C[C-](C)C.P.[K+]. The summed E-state index contributed by atoms with van der Waals surface area (Å²) in [7, 11) is 0. The molecule has 0 rings (SSSR count). The van der Waals surface area contributed by atoms with Gasteiger partial charge in [0.05, 0.1) is 0 Å². The summed E-state index contributed by atoms with van der Waals surface area (Å²) in [4.78, 5) is 0. The largest absolute Gasteiger partial charge is 1.00 e. The molecule has 34 valence electrons. The van der Waals surface area contributed by atoms with E-state index in [0.29, 0.717) is 0 Å². The van der Waals surface area contributed by atoms with Gasteiger partial charge in [-0.1, -0.05) is 0 Å². The van der Waals surface area contributed by atoms with Crippen LogP contribution in [-0.4, -0.2) is 0 Å². The van der Waals surface area contributed by atoms with Gasteiger partial charge in [0.25, 0.3) is 0 Å². The minimum atomic E-state index is 0. The topological polar surface area (TPSA) is 0 Å².